The van der Waals surface area contributed by atoms with E-state index >= 15 is 0 Å². The van der Waals surface area contributed by atoms with Crippen molar-refractivity contribution >= 4 is 52.2 Å². The van der Waals surface area contributed by atoms with Crippen molar-refractivity contribution in [3.05, 3.63) is 103 Å². The van der Waals surface area contributed by atoms with E-state index in [2.05, 4.69) is 34.3 Å². The zero-order valence-corrected chi connectivity index (χ0v) is 21.1. The van der Waals surface area contributed by atoms with Crippen molar-refractivity contribution < 1.29 is 4.79 Å². The number of carbonyl (C=O) groups is 1. The molecule has 7 heteroatoms. The molecule has 0 bridgehead atoms. The fourth-order valence-corrected chi connectivity index (χ4v) is 5.80. The summed E-state index contributed by atoms with van der Waals surface area (Å²) in [6.07, 6.45) is 5.01. The molecule has 2 heterocycles. The second-order valence-electron chi connectivity index (χ2n) is 8.55. The lowest BCUT2D eigenvalue weighted by Crippen LogP contribution is -2.47. The Hall–Kier alpha value is -2.57. The van der Waals surface area contributed by atoms with Gasteiger partial charge in [-0.2, -0.15) is 0 Å². The molecule has 3 aromatic rings. The molecule has 1 aliphatic heterocycles. The zero-order chi connectivity index (χ0) is 23.7. The second kappa shape index (κ2) is 9.96. The van der Waals surface area contributed by atoms with Crippen molar-refractivity contribution in [3.63, 3.8) is 0 Å². The molecule has 34 heavy (non-hydrogen) atoms. The Kier molecular flexibility index (Phi) is 6.79. The molecule has 4 nitrogen and oxygen atoms in total. The van der Waals surface area contributed by atoms with Crippen molar-refractivity contribution in [3.8, 4) is 0 Å². The lowest BCUT2D eigenvalue weighted by molar-refractivity contribution is -0.122. The molecule has 2 N–H and O–H groups in total. The third-order valence-electron chi connectivity index (χ3n) is 6.26. The van der Waals surface area contributed by atoms with Gasteiger partial charge in [0, 0.05) is 9.90 Å². The van der Waals surface area contributed by atoms with Gasteiger partial charge in [0.15, 0.2) is 0 Å². The van der Waals surface area contributed by atoms with E-state index in [1.165, 1.54) is 10.5 Å². The highest BCUT2D eigenvalue weighted by atomic mass is 35.5. The molecule has 174 valence electrons. The first-order valence-corrected chi connectivity index (χ1v) is 13.0. The maximum Gasteiger partial charge on any atom is 0.243 e. The van der Waals surface area contributed by atoms with Crippen LogP contribution >= 0.6 is 34.5 Å². The molecule has 0 saturated carbocycles. The van der Waals surface area contributed by atoms with Gasteiger partial charge in [-0.15, -0.1) is 11.3 Å². The Morgan fingerprint density at radius 1 is 1.15 bits per heavy atom. The summed E-state index contributed by atoms with van der Waals surface area (Å²) in [4.78, 5) is 14.7. The summed E-state index contributed by atoms with van der Waals surface area (Å²) >= 11 is 14.5. The third-order valence-corrected chi connectivity index (χ3v) is 7.62. The molecule has 2 atom stereocenters. The van der Waals surface area contributed by atoms with Crippen LogP contribution in [0.2, 0.25) is 10.0 Å². The summed E-state index contributed by atoms with van der Waals surface area (Å²) in [5.41, 5.74) is 8.65. The monoisotopic (exact) mass is 509 g/mol. The van der Waals surface area contributed by atoms with E-state index in [9.17, 15) is 4.79 Å². The topological polar surface area (TPSA) is 44.4 Å². The lowest BCUT2D eigenvalue weighted by Gasteiger charge is -2.27. The molecular formula is C27H25Cl2N3OS. The molecule has 2 aromatic carbocycles. The number of amides is 1. The molecule has 1 amide bonds. The molecule has 0 radical (unpaired) electrons. The normalized spacial score (nSPS) is 19.9. The largest absolute Gasteiger partial charge is 0.348 e. The van der Waals surface area contributed by atoms with E-state index in [0.717, 1.165) is 41.8 Å². The molecule has 0 saturated heterocycles. The Balaban J connectivity index is 1.52. The van der Waals surface area contributed by atoms with Crippen LogP contribution < -0.4 is 15.8 Å². The van der Waals surface area contributed by atoms with Gasteiger partial charge in [-0.25, -0.2) is 5.43 Å². The third kappa shape index (κ3) is 4.66. The Morgan fingerprint density at radius 2 is 1.97 bits per heavy atom. The quantitative estimate of drug-likeness (QED) is 0.383. The number of hydrogen-bond acceptors (Lipinski definition) is 4. The Labute approximate surface area is 213 Å². The van der Waals surface area contributed by atoms with E-state index in [-0.39, 0.29) is 11.9 Å². The number of thiophene rings is 1. The smallest absolute Gasteiger partial charge is 0.243 e. The highest BCUT2D eigenvalue weighted by Crippen LogP contribution is 2.43. The van der Waals surface area contributed by atoms with Gasteiger partial charge in [-0.1, -0.05) is 59.6 Å². The minimum Gasteiger partial charge on any atom is -0.348 e. The molecule has 1 aromatic heterocycles. The Bertz CT molecular complexity index is 1250. The van der Waals surface area contributed by atoms with Crippen LogP contribution in [0.4, 0.5) is 5.69 Å². The van der Waals surface area contributed by atoms with E-state index in [4.69, 9.17) is 23.2 Å². The number of anilines is 1. The summed E-state index contributed by atoms with van der Waals surface area (Å²) < 4.78 is 0. The summed E-state index contributed by atoms with van der Waals surface area (Å²) in [5.74, 6) is -0.0474. The summed E-state index contributed by atoms with van der Waals surface area (Å²) in [6.45, 7) is 2.01. The van der Waals surface area contributed by atoms with Gasteiger partial charge in [0.25, 0.3) is 0 Å². The van der Waals surface area contributed by atoms with E-state index in [1.807, 2.05) is 54.4 Å². The first kappa shape index (κ1) is 23.2. The standard InChI is InChI=1S/C27H25Cl2N3OS/c1-17(18-7-3-2-4-8-18)30-27(33)25-22-11-5-9-19(15-21-10-6-14-34-21)26(22)32(31-25)24-13-12-20(28)16-23(24)29/h2-4,6-8,10,12-17,25,31H,5,9,11H2,1H3,(H,30,33)/b19-15+/t17-,25?/m1/s1. The van der Waals surface area contributed by atoms with Gasteiger partial charge in [-0.05, 0) is 78.6 Å². The molecular weight excluding hydrogens is 485 g/mol. The highest BCUT2D eigenvalue weighted by molar-refractivity contribution is 7.10. The van der Waals surface area contributed by atoms with Crippen molar-refractivity contribution in [2.45, 2.75) is 38.3 Å². The number of benzene rings is 2. The van der Waals surface area contributed by atoms with Gasteiger partial charge in [0.1, 0.15) is 6.04 Å². The predicted molar refractivity (Wildman–Crippen MR) is 142 cm³/mol. The molecule has 0 spiro atoms. The van der Waals surface area contributed by atoms with Gasteiger partial charge < -0.3 is 5.32 Å². The maximum absolute atomic E-state index is 13.5. The predicted octanol–water partition coefficient (Wildman–Crippen LogP) is 7.15. The van der Waals surface area contributed by atoms with E-state index < -0.39 is 6.04 Å². The number of hydrogen-bond donors (Lipinski definition) is 2. The minimum absolute atomic E-state index is 0.0474. The zero-order valence-electron chi connectivity index (χ0n) is 18.7. The fraction of sp³-hybridized carbons (Fsp3) is 0.222. The SMILES string of the molecule is C[C@@H](NC(=O)C1NN(c2ccc(Cl)cc2Cl)C2=C1CCC/C2=C\c1cccs1)c1ccccc1. The van der Waals surface area contributed by atoms with Crippen molar-refractivity contribution in [1.82, 2.24) is 10.7 Å². The number of allylic oxidation sites excluding steroid dienone is 1. The first-order valence-electron chi connectivity index (χ1n) is 11.4. The van der Waals surface area contributed by atoms with E-state index in [0.29, 0.717) is 10.0 Å². The van der Waals surface area contributed by atoms with Gasteiger partial charge in [0.05, 0.1) is 22.4 Å². The second-order valence-corrected chi connectivity index (χ2v) is 10.4. The maximum atomic E-state index is 13.5. The molecule has 5 rings (SSSR count). The molecule has 1 aliphatic carbocycles. The number of carbonyl (C=O) groups excluding carboxylic acids is 1. The van der Waals surface area contributed by atoms with Crippen LogP contribution in [0.1, 0.15) is 42.7 Å². The van der Waals surface area contributed by atoms with Crippen molar-refractivity contribution in [1.29, 1.82) is 0 Å². The number of nitrogens with zero attached hydrogens (tertiary/aromatic N) is 1. The number of halogens is 2. The summed E-state index contributed by atoms with van der Waals surface area (Å²) in [5, 5.41) is 8.35. The van der Waals surface area contributed by atoms with Crippen LogP contribution in [-0.4, -0.2) is 11.9 Å². The number of rotatable bonds is 5. The van der Waals surface area contributed by atoms with Crippen LogP contribution in [0.15, 0.2) is 82.9 Å². The van der Waals surface area contributed by atoms with Gasteiger partial charge >= 0.3 is 0 Å². The lowest BCUT2D eigenvalue weighted by atomic mass is 9.88. The van der Waals surface area contributed by atoms with Crippen LogP contribution in [0.5, 0.6) is 0 Å². The number of nitrogens with one attached hydrogen (secondary N) is 2. The van der Waals surface area contributed by atoms with E-state index in [1.54, 1.807) is 17.4 Å². The van der Waals surface area contributed by atoms with Gasteiger partial charge in [0.2, 0.25) is 5.91 Å². The minimum atomic E-state index is -0.472. The van der Waals surface area contributed by atoms with Crippen LogP contribution in [0.3, 0.4) is 0 Å². The molecule has 0 fully saturated rings. The van der Waals surface area contributed by atoms with Crippen LogP contribution in [0, 0.1) is 0 Å². The average Bonchev–Trinajstić information content (AvgIpc) is 3.48. The van der Waals surface area contributed by atoms with Gasteiger partial charge in [-0.3, -0.25) is 9.80 Å². The summed E-state index contributed by atoms with van der Waals surface area (Å²) in [6, 6.07) is 19.0. The van der Waals surface area contributed by atoms with Crippen molar-refractivity contribution in [2.75, 3.05) is 5.01 Å². The van der Waals surface area contributed by atoms with Crippen molar-refractivity contribution in [2.24, 2.45) is 0 Å². The van der Waals surface area contributed by atoms with Crippen LogP contribution in [-0.2, 0) is 4.79 Å². The number of hydrazine groups is 1. The van der Waals surface area contributed by atoms with Crippen LogP contribution in [0.25, 0.3) is 6.08 Å². The average molecular weight is 510 g/mol. The first-order chi connectivity index (χ1) is 16.5. The molecule has 1 unspecified atom stereocenters. The fourth-order valence-electron chi connectivity index (χ4n) is 4.63. The molecule has 2 aliphatic rings. The highest BCUT2D eigenvalue weighted by Gasteiger charge is 2.40. The Morgan fingerprint density at radius 3 is 2.71 bits per heavy atom. The summed E-state index contributed by atoms with van der Waals surface area (Å²) in [7, 11) is 0.